The largest absolute Gasteiger partial charge is 0.496 e. The van der Waals surface area contributed by atoms with Crippen molar-refractivity contribution in [2.75, 3.05) is 13.7 Å². The summed E-state index contributed by atoms with van der Waals surface area (Å²) < 4.78 is 100. The Morgan fingerprint density at radius 1 is 0.938 bits per heavy atom. The lowest BCUT2D eigenvalue weighted by molar-refractivity contribution is -0.137. The number of alkyl halides is 3. The minimum Gasteiger partial charge on any atom is -0.496 e. The average Bonchev–Trinajstić information content (AvgIpc) is 2.72. The molecule has 0 aliphatic carbocycles. The number of hydrogen-bond donors (Lipinski definition) is 1. The summed E-state index contributed by atoms with van der Waals surface area (Å²) in [6.07, 6.45) is -4.72. The highest BCUT2D eigenvalue weighted by Crippen LogP contribution is 2.37. The minimum atomic E-state index is -4.84. The first-order chi connectivity index (χ1) is 15.0. The highest BCUT2D eigenvalue weighted by atomic mass is 32.2. The molecular formula is C22H18F5NO3S. The van der Waals surface area contributed by atoms with Crippen LogP contribution >= 0.6 is 0 Å². The number of rotatable bonds is 7. The van der Waals surface area contributed by atoms with E-state index in [-0.39, 0.29) is 29.8 Å². The van der Waals surface area contributed by atoms with Crippen LogP contribution in [0.2, 0.25) is 0 Å². The number of ether oxygens (including phenoxy) is 1. The molecule has 0 radical (unpaired) electrons. The van der Waals surface area contributed by atoms with Crippen LogP contribution in [-0.4, -0.2) is 22.1 Å². The van der Waals surface area contributed by atoms with Gasteiger partial charge in [0, 0.05) is 12.1 Å². The summed E-state index contributed by atoms with van der Waals surface area (Å²) in [6.45, 7) is -0.166. The molecule has 0 aromatic heterocycles. The van der Waals surface area contributed by atoms with E-state index in [0.29, 0.717) is 11.6 Å². The van der Waals surface area contributed by atoms with Gasteiger partial charge in [0.05, 0.1) is 17.6 Å². The van der Waals surface area contributed by atoms with Crippen LogP contribution < -0.4 is 9.46 Å². The predicted molar refractivity (Wildman–Crippen MR) is 109 cm³/mol. The lowest BCUT2D eigenvalue weighted by Crippen LogP contribution is -2.26. The normalized spacial score (nSPS) is 12.1. The maximum absolute atomic E-state index is 13.8. The molecule has 0 heterocycles. The molecule has 0 atom stereocenters. The van der Waals surface area contributed by atoms with E-state index in [1.807, 2.05) is 0 Å². The van der Waals surface area contributed by atoms with Crippen LogP contribution in [0.1, 0.15) is 11.1 Å². The fourth-order valence-electron chi connectivity index (χ4n) is 3.08. The van der Waals surface area contributed by atoms with Crippen LogP contribution in [0, 0.1) is 11.6 Å². The molecule has 1 N–H and O–H groups in total. The van der Waals surface area contributed by atoms with Crippen LogP contribution in [-0.2, 0) is 22.6 Å². The molecule has 4 nitrogen and oxygen atoms in total. The van der Waals surface area contributed by atoms with Crippen molar-refractivity contribution < 1.29 is 35.1 Å². The zero-order valence-electron chi connectivity index (χ0n) is 16.7. The first kappa shape index (κ1) is 23.7. The van der Waals surface area contributed by atoms with Crippen molar-refractivity contribution >= 4 is 10.0 Å². The number of halogens is 5. The fourth-order valence-corrected chi connectivity index (χ4v) is 4.19. The van der Waals surface area contributed by atoms with E-state index in [2.05, 4.69) is 4.72 Å². The van der Waals surface area contributed by atoms with Gasteiger partial charge in [0.1, 0.15) is 17.4 Å². The number of hydrogen-bond acceptors (Lipinski definition) is 3. The highest BCUT2D eigenvalue weighted by molar-refractivity contribution is 7.89. The predicted octanol–water partition coefficient (Wildman–Crippen LogP) is 5.18. The van der Waals surface area contributed by atoms with Gasteiger partial charge in [-0.25, -0.2) is 21.9 Å². The van der Waals surface area contributed by atoms with Gasteiger partial charge < -0.3 is 4.74 Å². The Morgan fingerprint density at radius 3 is 2.31 bits per heavy atom. The molecule has 0 amide bonds. The summed E-state index contributed by atoms with van der Waals surface area (Å²) in [5.74, 6) is -1.14. The molecule has 3 rings (SSSR count). The molecule has 0 saturated heterocycles. The zero-order chi connectivity index (χ0) is 23.5. The third-order valence-corrected chi connectivity index (χ3v) is 6.05. The summed E-state index contributed by atoms with van der Waals surface area (Å²) in [4.78, 5) is -0.645. The Bertz CT molecular complexity index is 1230. The molecule has 170 valence electrons. The summed E-state index contributed by atoms with van der Waals surface area (Å²) in [6, 6.07) is 11.0. The first-order valence-corrected chi connectivity index (χ1v) is 10.8. The molecular weight excluding hydrogens is 453 g/mol. The second kappa shape index (κ2) is 9.25. The lowest BCUT2D eigenvalue weighted by Gasteiger charge is -2.15. The number of sulfonamides is 1. The number of benzene rings is 3. The SMILES string of the molecule is COc1ccc(F)cc1-c1cc(C(F)(F)F)cc(S(=O)(=O)NCCc2cccc(F)c2)c1. The van der Waals surface area contributed by atoms with Crippen molar-refractivity contribution in [2.45, 2.75) is 17.5 Å². The molecule has 32 heavy (non-hydrogen) atoms. The van der Waals surface area contributed by atoms with E-state index in [9.17, 15) is 30.4 Å². The van der Waals surface area contributed by atoms with Gasteiger partial charge in [-0.2, -0.15) is 13.2 Å². The maximum atomic E-state index is 13.8. The summed E-state index contributed by atoms with van der Waals surface area (Å²) in [5, 5.41) is 0. The third-order valence-electron chi connectivity index (χ3n) is 4.61. The van der Waals surface area contributed by atoms with Crippen LogP contribution in [0.15, 0.2) is 65.6 Å². The smallest absolute Gasteiger partial charge is 0.416 e. The standard InChI is InChI=1S/C22H18F5NO3S/c1-31-21-6-5-18(24)13-20(21)15-10-16(22(25,26)27)12-19(11-15)32(29,30)28-8-7-14-3-2-4-17(23)9-14/h2-6,9-13,28H,7-8H2,1H3. The van der Waals surface area contributed by atoms with Crippen molar-refractivity contribution in [3.05, 3.63) is 83.4 Å². The van der Waals surface area contributed by atoms with Gasteiger partial charge in [0.2, 0.25) is 10.0 Å². The minimum absolute atomic E-state index is 0.0326. The second-order valence-corrected chi connectivity index (χ2v) is 8.63. The molecule has 0 unspecified atom stereocenters. The van der Waals surface area contributed by atoms with Crippen LogP contribution in [0.25, 0.3) is 11.1 Å². The Hall–Kier alpha value is -2.98. The van der Waals surface area contributed by atoms with E-state index < -0.39 is 38.3 Å². The fraction of sp³-hybridized carbons (Fsp3) is 0.182. The molecule has 0 bridgehead atoms. The second-order valence-electron chi connectivity index (χ2n) is 6.87. The lowest BCUT2D eigenvalue weighted by atomic mass is 10.0. The van der Waals surface area contributed by atoms with Crippen LogP contribution in [0.5, 0.6) is 5.75 Å². The molecule has 10 heteroatoms. The van der Waals surface area contributed by atoms with Crippen molar-refractivity contribution in [2.24, 2.45) is 0 Å². The van der Waals surface area contributed by atoms with Crippen molar-refractivity contribution in [1.29, 1.82) is 0 Å². The quantitative estimate of drug-likeness (QED) is 0.483. The molecule has 0 aliphatic heterocycles. The van der Waals surface area contributed by atoms with Gasteiger partial charge in [-0.05, 0) is 66.1 Å². The van der Waals surface area contributed by atoms with E-state index in [1.165, 1.54) is 31.4 Å². The van der Waals surface area contributed by atoms with Crippen LogP contribution in [0.3, 0.4) is 0 Å². The van der Waals surface area contributed by atoms with Gasteiger partial charge in [0.25, 0.3) is 0 Å². The van der Waals surface area contributed by atoms with Gasteiger partial charge in [-0.15, -0.1) is 0 Å². The van der Waals surface area contributed by atoms with E-state index in [0.717, 1.165) is 24.3 Å². The number of nitrogens with one attached hydrogen (secondary N) is 1. The maximum Gasteiger partial charge on any atom is 0.416 e. The van der Waals surface area contributed by atoms with Crippen molar-refractivity contribution in [3.63, 3.8) is 0 Å². The summed E-state index contributed by atoms with van der Waals surface area (Å²) in [5.41, 5.74) is -0.912. The Morgan fingerprint density at radius 2 is 1.66 bits per heavy atom. The number of methoxy groups -OCH3 is 1. The van der Waals surface area contributed by atoms with Crippen LogP contribution in [0.4, 0.5) is 22.0 Å². The monoisotopic (exact) mass is 471 g/mol. The third kappa shape index (κ3) is 5.63. The van der Waals surface area contributed by atoms with E-state index in [4.69, 9.17) is 4.74 Å². The molecule has 0 aliphatic rings. The van der Waals surface area contributed by atoms with Gasteiger partial charge in [0.15, 0.2) is 0 Å². The molecule has 3 aromatic rings. The summed E-state index contributed by atoms with van der Waals surface area (Å²) >= 11 is 0. The molecule has 0 fully saturated rings. The van der Waals surface area contributed by atoms with E-state index >= 15 is 0 Å². The Labute approximate surface area is 181 Å². The highest BCUT2D eigenvalue weighted by Gasteiger charge is 2.33. The topological polar surface area (TPSA) is 55.4 Å². The summed E-state index contributed by atoms with van der Waals surface area (Å²) in [7, 11) is -3.10. The molecule has 0 saturated carbocycles. The van der Waals surface area contributed by atoms with Gasteiger partial charge >= 0.3 is 6.18 Å². The molecule has 0 spiro atoms. The van der Waals surface area contributed by atoms with Crippen molar-refractivity contribution in [1.82, 2.24) is 4.72 Å². The first-order valence-electron chi connectivity index (χ1n) is 9.30. The average molecular weight is 471 g/mol. The zero-order valence-corrected chi connectivity index (χ0v) is 17.5. The van der Waals surface area contributed by atoms with Gasteiger partial charge in [-0.3, -0.25) is 0 Å². The Balaban J connectivity index is 1.98. The van der Waals surface area contributed by atoms with Gasteiger partial charge in [-0.1, -0.05) is 12.1 Å². The van der Waals surface area contributed by atoms with Crippen molar-refractivity contribution in [3.8, 4) is 16.9 Å². The van der Waals surface area contributed by atoms with E-state index in [1.54, 1.807) is 6.07 Å². The Kier molecular flexibility index (Phi) is 6.85. The molecule has 3 aromatic carbocycles.